The molecule has 2 aromatic carbocycles. The molecule has 0 amide bonds. The van der Waals surface area contributed by atoms with Crippen LogP contribution in [0.5, 0.6) is 0 Å². The summed E-state index contributed by atoms with van der Waals surface area (Å²) in [5.41, 5.74) is 14.0. The summed E-state index contributed by atoms with van der Waals surface area (Å²) in [5.74, 6) is 0.586. The minimum atomic E-state index is -0.298. The van der Waals surface area contributed by atoms with Crippen LogP contribution in [0, 0.1) is 13.8 Å². The number of pyridine rings is 1. The zero-order chi connectivity index (χ0) is 26.2. The van der Waals surface area contributed by atoms with Crippen LogP contribution in [-0.4, -0.2) is 37.2 Å². The number of benzene rings is 2. The number of anilines is 1. The molecule has 8 heteroatoms. The van der Waals surface area contributed by atoms with E-state index in [4.69, 9.17) is 15.8 Å². The second kappa shape index (κ2) is 9.87. The van der Waals surface area contributed by atoms with Gasteiger partial charge in [0.05, 0.1) is 17.8 Å². The Morgan fingerprint density at radius 1 is 0.921 bits per heavy atom. The molecule has 6 rings (SSSR count). The first kappa shape index (κ1) is 24.1. The average molecular weight is 506 g/mol. The van der Waals surface area contributed by atoms with E-state index < -0.39 is 0 Å². The highest BCUT2D eigenvalue weighted by Crippen LogP contribution is 2.35. The molecule has 38 heavy (non-hydrogen) atoms. The molecular weight excluding hydrogens is 474 g/mol. The maximum atomic E-state index is 13.7. The Hall–Kier alpha value is -4.30. The van der Waals surface area contributed by atoms with E-state index in [9.17, 15) is 4.79 Å². The van der Waals surface area contributed by atoms with Crippen molar-refractivity contribution in [2.24, 2.45) is 0 Å². The summed E-state index contributed by atoms with van der Waals surface area (Å²) in [5, 5.41) is 8.33. The zero-order valence-corrected chi connectivity index (χ0v) is 21.7. The van der Waals surface area contributed by atoms with Gasteiger partial charge >= 0.3 is 5.69 Å². The van der Waals surface area contributed by atoms with E-state index in [-0.39, 0.29) is 11.6 Å². The van der Waals surface area contributed by atoms with Gasteiger partial charge in [-0.3, -0.25) is 4.98 Å². The van der Waals surface area contributed by atoms with Crippen LogP contribution in [0.1, 0.15) is 41.3 Å². The van der Waals surface area contributed by atoms with Gasteiger partial charge in [-0.15, -0.1) is 5.10 Å². The van der Waals surface area contributed by atoms with Gasteiger partial charge in [-0.1, -0.05) is 54.6 Å². The van der Waals surface area contributed by atoms with E-state index in [0.717, 1.165) is 59.6 Å². The molecule has 1 aliphatic heterocycles. The lowest BCUT2D eigenvalue weighted by atomic mass is 9.87. The van der Waals surface area contributed by atoms with Gasteiger partial charge in [-0.25, -0.2) is 18.9 Å². The quantitative estimate of drug-likeness (QED) is 0.368. The van der Waals surface area contributed by atoms with E-state index in [1.54, 1.807) is 0 Å². The molecule has 0 aliphatic carbocycles. The number of nitrogens with two attached hydrogens (primary N) is 1. The number of nitrogens with one attached hydrogen (secondary N) is 1. The van der Waals surface area contributed by atoms with Crippen molar-refractivity contribution in [2.45, 2.75) is 39.2 Å². The first-order valence-electron chi connectivity index (χ1n) is 13.1. The largest absolute Gasteiger partial charge is 0.369 e. The number of piperidine rings is 1. The van der Waals surface area contributed by atoms with E-state index >= 15 is 0 Å². The Labute approximate surface area is 221 Å². The standard InChI is InChI=1S/C30H31N7O/c1-19-16-24(17-20(2)33-19)26-27(22-8-4-3-5-9-22)34-29(31)37-28(26)35-36(30(37)38)18-23-10-6-7-11-25(23)21-12-14-32-15-13-21/h3-11,16-17,21,32H,12-15,18H2,1-2H3,(H2,31,34). The molecule has 0 bridgehead atoms. The summed E-state index contributed by atoms with van der Waals surface area (Å²) in [6.45, 7) is 6.30. The molecule has 8 nitrogen and oxygen atoms in total. The minimum absolute atomic E-state index is 0.119. The molecule has 0 atom stereocenters. The van der Waals surface area contributed by atoms with Crippen LogP contribution in [-0.2, 0) is 6.54 Å². The second-order valence-corrected chi connectivity index (χ2v) is 10.0. The van der Waals surface area contributed by atoms with Crippen molar-refractivity contribution < 1.29 is 0 Å². The van der Waals surface area contributed by atoms with Crippen molar-refractivity contribution in [3.8, 4) is 22.4 Å². The van der Waals surface area contributed by atoms with Crippen molar-refractivity contribution in [2.75, 3.05) is 18.8 Å². The van der Waals surface area contributed by atoms with Gasteiger partial charge in [-0.2, -0.15) is 0 Å². The number of aromatic nitrogens is 5. The van der Waals surface area contributed by atoms with Crippen LogP contribution in [0.3, 0.4) is 0 Å². The Morgan fingerprint density at radius 3 is 2.34 bits per heavy atom. The molecule has 3 aromatic heterocycles. The van der Waals surface area contributed by atoms with Crippen molar-refractivity contribution in [3.05, 3.63) is 99.7 Å². The Kier molecular flexibility index (Phi) is 6.25. The summed E-state index contributed by atoms with van der Waals surface area (Å²) in [6, 6.07) is 22.3. The first-order chi connectivity index (χ1) is 18.5. The zero-order valence-electron chi connectivity index (χ0n) is 21.7. The lowest BCUT2D eigenvalue weighted by Crippen LogP contribution is -2.28. The van der Waals surface area contributed by atoms with Gasteiger partial charge in [-0.05, 0) is 74.5 Å². The van der Waals surface area contributed by atoms with Crippen molar-refractivity contribution in [1.82, 2.24) is 29.5 Å². The number of hydrogen-bond acceptors (Lipinski definition) is 6. The molecule has 0 unspecified atom stereocenters. The van der Waals surface area contributed by atoms with Crippen LogP contribution < -0.4 is 16.7 Å². The fraction of sp³-hybridized carbons (Fsp3) is 0.267. The van der Waals surface area contributed by atoms with Crippen LogP contribution in [0.25, 0.3) is 28.0 Å². The van der Waals surface area contributed by atoms with Crippen molar-refractivity contribution in [3.63, 3.8) is 0 Å². The normalized spacial score (nSPS) is 14.3. The predicted molar refractivity (Wildman–Crippen MR) is 150 cm³/mol. The van der Waals surface area contributed by atoms with Gasteiger partial charge in [0.1, 0.15) is 0 Å². The molecule has 1 saturated heterocycles. The van der Waals surface area contributed by atoms with E-state index in [1.807, 2.05) is 62.4 Å². The van der Waals surface area contributed by atoms with Gasteiger partial charge in [0.25, 0.3) is 0 Å². The molecule has 0 spiro atoms. The Bertz CT molecular complexity index is 1660. The number of aryl methyl sites for hydroxylation is 2. The third-order valence-electron chi connectivity index (χ3n) is 7.33. The molecule has 192 valence electrons. The topological polar surface area (TPSA) is 103 Å². The summed E-state index contributed by atoms with van der Waals surface area (Å²) >= 11 is 0. The molecular formula is C30H31N7O. The molecule has 4 heterocycles. The Balaban J connectivity index is 1.56. The lowest BCUT2D eigenvalue weighted by Gasteiger charge is -2.25. The van der Waals surface area contributed by atoms with Crippen LogP contribution in [0.2, 0.25) is 0 Å². The van der Waals surface area contributed by atoms with E-state index in [2.05, 4.69) is 28.5 Å². The number of hydrogen-bond donors (Lipinski definition) is 2. The third kappa shape index (κ3) is 4.37. The lowest BCUT2D eigenvalue weighted by molar-refractivity contribution is 0.456. The van der Waals surface area contributed by atoms with Gasteiger partial charge in [0, 0.05) is 17.0 Å². The SMILES string of the molecule is Cc1cc(-c2c(-c3ccccc3)nc(N)n3c(=O)n(Cc4ccccc4C4CCNCC4)nc23)cc(C)n1. The highest BCUT2D eigenvalue weighted by molar-refractivity contribution is 5.90. The summed E-state index contributed by atoms with van der Waals surface area (Å²) in [7, 11) is 0. The number of nitrogens with zero attached hydrogens (tertiary/aromatic N) is 5. The summed E-state index contributed by atoms with van der Waals surface area (Å²) in [4.78, 5) is 23.0. The fourth-order valence-corrected chi connectivity index (χ4v) is 5.63. The fourth-order valence-electron chi connectivity index (χ4n) is 5.63. The van der Waals surface area contributed by atoms with Crippen molar-refractivity contribution in [1.29, 1.82) is 0 Å². The average Bonchev–Trinajstić information content (AvgIpc) is 3.25. The number of rotatable bonds is 5. The van der Waals surface area contributed by atoms with Crippen molar-refractivity contribution >= 4 is 11.6 Å². The highest BCUT2D eigenvalue weighted by Gasteiger charge is 2.23. The molecule has 1 fully saturated rings. The van der Waals surface area contributed by atoms with Crippen LogP contribution in [0.4, 0.5) is 5.95 Å². The molecule has 3 N–H and O–H groups in total. The smallest absolute Gasteiger partial charge is 0.353 e. The second-order valence-electron chi connectivity index (χ2n) is 10.0. The highest BCUT2D eigenvalue weighted by atomic mass is 16.2. The first-order valence-corrected chi connectivity index (χ1v) is 13.1. The summed E-state index contributed by atoms with van der Waals surface area (Å²) in [6.07, 6.45) is 2.17. The monoisotopic (exact) mass is 505 g/mol. The van der Waals surface area contributed by atoms with Crippen LogP contribution >= 0.6 is 0 Å². The molecule has 1 aliphatic rings. The third-order valence-corrected chi connectivity index (χ3v) is 7.33. The minimum Gasteiger partial charge on any atom is -0.369 e. The van der Waals surface area contributed by atoms with Gasteiger partial charge < -0.3 is 11.1 Å². The summed E-state index contributed by atoms with van der Waals surface area (Å²) < 4.78 is 2.95. The molecule has 0 saturated carbocycles. The van der Waals surface area contributed by atoms with Gasteiger partial charge in [0.2, 0.25) is 5.95 Å². The predicted octanol–water partition coefficient (Wildman–Crippen LogP) is 4.33. The number of fused-ring (bicyclic) bond motifs is 1. The maximum absolute atomic E-state index is 13.7. The maximum Gasteiger partial charge on any atom is 0.353 e. The van der Waals surface area contributed by atoms with Crippen LogP contribution in [0.15, 0.2) is 71.5 Å². The van der Waals surface area contributed by atoms with E-state index in [0.29, 0.717) is 23.8 Å². The molecule has 5 aromatic rings. The van der Waals surface area contributed by atoms with E-state index in [1.165, 1.54) is 14.6 Å². The Morgan fingerprint density at radius 2 is 1.61 bits per heavy atom. The number of nitrogen functional groups attached to an aromatic ring is 1. The molecule has 0 radical (unpaired) electrons. The van der Waals surface area contributed by atoms with Gasteiger partial charge in [0.15, 0.2) is 5.65 Å².